The van der Waals surface area contributed by atoms with E-state index in [0.717, 1.165) is 41.3 Å². The van der Waals surface area contributed by atoms with Crippen LogP contribution in [0.2, 0.25) is 0 Å². The zero-order valence-electron chi connectivity index (χ0n) is 17.3. The molecule has 0 saturated heterocycles. The number of nitrogens with zero attached hydrogens (tertiary/aromatic N) is 3. The zero-order chi connectivity index (χ0) is 21.6. The molecule has 0 bridgehead atoms. The van der Waals surface area contributed by atoms with Gasteiger partial charge in [-0.3, -0.25) is 9.89 Å². The molecule has 0 aliphatic carbocycles. The number of hydrogen-bond acceptors (Lipinski definition) is 5. The molecule has 2 aromatic carbocycles. The fourth-order valence-corrected chi connectivity index (χ4v) is 3.19. The Morgan fingerprint density at radius 1 is 1.03 bits per heavy atom. The monoisotopic (exact) mass is 417 g/mol. The SMILES string of the molecule is COc1cc(CCc2cc(NC(=O)c3cnn(-c4ccccc4)c3)n[nH]2)cc(OC)c1. The Bertz CT molecular complexity index is 1140. The van der Waals surface area contributed by atoms with Crippen LogP contribution in [0.4, 0.5) is 5.82 Å². The van der Waals surface area contributed by atoms with Crippen molar-refractivity contribution in [3.05, 3.63) is 83.8 Å². The van der Waals surface area contributed by atoms with Gasteiger partial charge in [0.2, 0.25) is 0 Å². The number of aromatic nitrogens is 4. The molecule has 0 saturated carbocycles. The average molecular weight is 417 g/mol. The quantitative estimate of drug-likeness (QED) is 0.456. The number of nitrogens with one attached hydrogen (secondary N) is 2. The van der Waals surface area contributed by atoms with Crippen molar-refractivity contribution in [3.8, 4) is 17.2 Å². The predicted octanol–water partition coefficient (Wildman–Crippen LogP) is 3.65. The molecule has 0 fully saturated rings. The molecule has 0 spiro atoms. The first kappa shape index (κ1) is 20.2. The summed E-state index contributed by atoms with van der Waals surface area (Å²) in [6, 6.07) is 17.2. The van der Waals surface area contributed by atoms with Crippen LogP contribution in [0.25, 0.3) is 5.69 Å². The number of carbonyl (C=O) groups excluding carboxylic acids is 1. The minimum atomic E-state index is -0.266. The molecular formula is C23H23N5O3. The molecule has 0 aliphatic heterocycles. The van der Waals surface area contributed by atoms with E-state index in [1.807, 2.05) is 54.6 Å². The number of hydrogen-bond donors (Lipinski definition) is 2. The van der Waals surface area contributed by atoms with Crippen LogP contribution in [0.15, 0.2) is 67.0 Å². The predicted molar refractivity (Wildman–Crippen MR) is 117 cm³/mol. The highest BCUT2D eigenvalue weighted by Gasteiger charge is 2.12. The molecule has 1 amide bonds. The number of H-pyrrole nitrogens is 1. The second kappa shape index (κ2) is 9.17. The van der Waals surface area contributed by atoms with Gasteiger partial charge in [0.15, 0.2) is 5.82 Å². The van der Waals surface area contributed by atoms with Gasteiger partial charge in [0.1, 0.15) is 11.5 Å². The van der Waals surface area contributed by atoms with Gasteiger partial charge in [0.05, 0.1) is 31.7 Å². The smallest absolute Gasteiger partial charge is 0.260 e. The molecule has 8 heteroatoms. The van der Waals surface area contributed by atoms with Crippen molar-refractivity contribution < 1.29 is 14.3 Å². The summed E-state index contributed by atoms with van der Waals surface area (Å²) in [7, 11) is 3.26. The van der Waals surface area contributed by atoms with Crippen molar-refractivity contribution in [1.29, 1.82) is 0 Å². The standard InChI is InChI=1S/C23H23N5O3/c1-30-20-10-16(11-21(13-20)31-2)8-9-18-12-22(27-26-18)25-23(29)17-14-24-28(15-17)19-6-4-3-5-7-19/h3-7,10-15H,8-9H2,1-2H3,(H2,25,26,27,29). The second-order valence-corrected chi connectivity index (χ2v) is 6.96. The van der Waals surface area contributed by atoms with Gasteiger partial charge in [-0.05, 0) is 42.7 Å². The van der Waals surface area contributed by atoms with Gasteiger partial charge in [-0.25, -0.2) is 4.68 Å². The van der Waals surface area contributed by atoms with Crippen LogP contribution in [0, 0.1) is 0 Å². The number of para-hydroxylation sites is 1. The van der Waals surface area contributed by atoms with E-state index in [1.54, 1.807) is 25.1 Å². The van der Waals surface area contributed by atoms with Gasteiger partial charge in [0.25, 0.3) is 5.91 Å². The van der Waals surface area contributed by atoms with E-state index in [0.29, 0.717) is 11.4 Å². The molecule has 0 aliphatic rings. The lowest BCUT2D eigenvalue weighted by atomic mass is 10.1. The first-order valence-corrected chi connectivity index (χ1v) is 9.82. The highest BCUT2D eigenvalue weighted by atomic mass is 16.5. The third-order valence-electron chi connectivity index (χ3n) is 4.83. The van der Waals surface area contributed by atoms with E-state index < -0.39 is 0 Å². The molecule has 4 aromatic rings. The van der Waals surface area contributed by atoms with E-state index in [2.05, 4.69) is 20.6 Å². The van der Waals surface area contributed by atoms with E-state index in [1.165, 1.54) is 6.20 Å². The summed E-state index contributed by atoms with van der Waals surface area (Å²) >= 11 is 0. The van der Waals surface area contributed by atoms with Gasteiger partial charge in [0, 0.05) is 24.0 Å². The number of amides is 1. The minimum absolute atomic E-state index is 0.266. The molecule has 2 heterocycles. The van der Waals surface area contributed by atoms with Gasteiger partial charge in [-0.15, -0.1) is 0 Å². The lowest BCUT2D eigenvalue weighted by Gasteiger charge is -2.07. The van der Waals surface area contributed by atoms with Gasteiger partial charge >= 0.3 is 0 Å². The fourth-order valence-electron chi connectivity index (χ4n) is 3.19. The Labute approximate surface area is 179 Å². The van der Waals surface area contributed by atoms with E-state index >= 15 is 0 Å². The topological polar surface area (TPSA) is 94.1 Å². The zero-order valence-corrected chi connectivity index (χ0v) is 17.3. The number of rotatable bonds is 8. The maximum Gasteiger partial charge on any atom is 0.260 e. The molecule has 8 nitrogen and oxygen atoms in total. The van der Waals surface area contributed by atoms with Gasteiger partial charge in [-0.1, -0.05) is 18.2 Å². The summed E-state index contributed by atoms with van der Waals surface area (Å²) in [6.07, 6.45) is 4.72. The molecule has 31 heavy (non-hydrogen) atoms. The summed E-state index contributed by atoms with van der Waals surface area (Å²) < 4.78 is 12.3. The largest absolute Gasteiger partial charge is 0.497 e. The van der Waals surface area contributed by atoms with Crippen molar-refractivity contribution in [2.45, 2.75) is 12.8 Å². The maximum absolute atomic E-state index is 12.5. The van der Waals surface area contributed by atoms with Gasteiger partial charge in [-0.2, -0.15) is 10.2 Å². The fraction of sp³-hybridized carbons (Fsp3) is 0.174. The highest BCUT2D eigenvalue weighted by molar-refractivity contribution is 6.03. The molecule has 2 N–H and O–H groups in total. The van der Waals surface area contributed by atoms with Crippen LogP contribution in [0.3, 0.4) is 0 Å². The van der Waals surface area contributed by atoms with Crippen LogP contribution in [-0.4, -0.2) is 40.1 Å². The lowest BCUT2D eigenvalue weighted by molar-refractivity contribution is 0.102. The molecule has 158 valence electrons. The third kappa shape index (κ3) is 4.92. The Balaban J connectivity index is 1.37. The molecule has 0 radical (unpaired) electrons. The summed E-state index contributed by atoms with van der Waals surface area (Å²) in [6.45, 7) is 0. The van der Waals surface area contributed by atoms with E-state index in [4.69, 9.17) is 9.47 Å². The second-order valence-electron chi connectivity index (χ2n) is 6.96. The average Bonchev–Trinajstić information content (AvgIpc) is 3.48. The normalized spacial score (nSPS) is 10.6. The number of carbonyl (C=O) groups is 1. The van der Waals surface area contributed by atoms with E-state index in [9.17, 15) is 4.79 Å². The van der Waals surface area contributed by atoms with Crippen molar-refractivity contribution in [1.82, 2.24) is 20.0 Å². The number of benzene rings is 2. The van der Waals surface area contributed by atoms with Crippen molar-refractivity contribution in [2.24, 2.45) is 0 Å². The van der Waals surface area contributed by atoms with Crippen LogP contribution in [0.1, 0.15) is 21.6 Å². The van der Waals surface area contributed by atoms with Gasteiger partial charge < -0.3 is 14.8 Å². The summed E-state index contributed by atoms with van der Waals surface area (Å²) in [5.41, 5.74) is 3.34. The number of methoxy groups -OCH3 is 2. The Kier molecular flexibility index (Phi) is 5.98. The number of aromatic amines is 1. The molecule has 0 atom stereocenters. The molecule has 4 rings (SSSR count). The van der Waals surface area contributed by atoms with Crippen LogP contribution < -0.4 is 14.8 Å². The highest BCUT2D eigenvalue weighted by Crippen LogP contribution is 2.23. The Morgan fingerprint density at radius 3 is 2.48 bits per heavy atom. The van der Waals surface area contributed by atoms with Crippen molar-refractivity contribution in [2.75, 3.05) is 19.5 Å². The molecule has 2 aromatic heterocycles. The number of anilines is 1. The summed E-state index contributed by atoms with van der Waals surface area (Å²) in [5, 5.41) is 14.2. The van der Waals surface area contributed by atoms with E-state index in [-0.39, 0.29) is 5.91 Å². The molecular weight excluding hydrogens is 394 g/mol. The minimum Gasteiger partial charge on any atom is -0.497 e. The van der Waals surface area contributed by atoms with Crippen molar-refractivity contribution >= 4 is 11.7 Å². The van der Waals surface area contributed by atoms with Crippen LogP contribution >= 0.6 is 0 Å². The first-order valence-electron chi connectivity index (χ1n) is 9.82. The maximum atomic E-state index is 12.5. The first-order chi connectivity index (χ1) is 15.1. The summed E-state index contributed by atoms with van der Waals surface area (Å²) in [5.74, 6) is 1.71. The number of aryl methyl sites for hydroxylation is 2. The number of ether oxygens (including phenoxy) is 2. The van der Waals surface area contributed by atoms with Crippen LogP contribution in [0.5, 0.6) is 11.5 Å². The Hall–Kier alpha value is -4.07. The Morgan fingerprint density at radius 2 is 1.77 bits per heavy atom. The third-order valence-corrected chi connectivity index (χ3v) is 4.83. The molecule has 0 unspecified atom stereocenters. The van der Waals surface area contributed by atoms with Crippen molar-refractivity contribution in [3.63, 3.8) is 0 Å². The summed E-state index contributed by atoms with van der Waals surface area (Å²) in [4.78, 5) is 12.5. The van der Waals surface area contributed by atoms with Crippen LogP contribution in [-0.2, 0) is 12.8 Å². The lowest BCUT2D eigenvalue weighted by Crippen LogP contribution is -2.11.